The second kappa shape index (κ2) is 9.08. The molecule has 2 aliphatic heterocycles. The minimum absolute atomic E-state index is 0.500. The van der Waals surface area contributed by atoms with Crippen molar-refractivity contribution in [2.75, 3.05) is 39.8 Å². The number of nitrogens with zero attached hydrogens (tertiary/aromatic N) is 2. The number of hydrogen-bond acceptors (Lipinski definition) is 3. The Kier molecular flexibility index (Phi) is 6.56. The molecule has 0 aliphatic carbocycles. The van der Waals surface area contributed by atoms with Crippen molar-refractivity contribution in [1.29, 1.82) is 0 Å². The zero-order valence-electron chi connectivity index (χ0n) is 16.2. The van der Waals surface area contributed by atoms with Crippen LogP contribution in [0.4, 0.5) is 0 Å². The van der Waals surface area contributed by atoms with Gasteiger partial charge in [-0.25, -0.2) is 0 Å². The van der Waals surface area contributed by atoms with Gasteiger partial charge in [-0.1, -0.05) is 24.3 Å². The second-order valence-electron chi connectivity index (χ2n) is 7.44. The molecule has 142 valence electrons. The van der Waals surface area contributed by atoms with E-state index in [0.29, 0.717) is 6.04 Å². The topological polar surface area (TPSA) is 48.9 Å². The molecular formula is C21H32N4O. The monoisotopic (exact) mass is 356 g/mol. The van der Waals surface area contributed by atoms with Crippen molar-refractivity contribution >= 4 is 5.96 Å². The number of guanidine groups is 1. The van der Waals surface area contributed by atoms with Crippen LogP contribution in [-0.4, -0.2) is 56.7 Å². The zero-order valence-corrected chi connectivity index (χ0v) is 16.2. The fourth-order valence-electron chi connectivity index (χ4n) is 3.73. The number of aliphatic imine (C=N–C) groups is 1. The molecule has 0 unspecified atom stereocenters. The van der Waals surface area contributed by atoms with Crippen molar-refractivity contribution in [2.45, 2.75) is 38.6 Å². The highest BCUT2D eigenvalue weighted by Gasteiger charge is 2.19. The lowest BCUT2D eigenvalue weighted by molar-refractivity contribution is 0.221. The summed E-state index contributed by atoms with van der Waals surface area (Å²) in [4.78, 5) is 6.87. The van der Waals surface area contributed by atoms with Gasteiger partial charge in [0, 0.05) is 45.7 Å². The first-order valence-electron chi connectivity index (χ1n) is 9.72. The second-order valence-corrected chi connectivity index (χ2v) is 7.44. The number of rotatable bonds is 6. The van der Waals surface area contributed by atoms with Crippen LogP contribution in [0.3, 0.4) is 0 Å². The highest BCUT2D eigenvalue weighted by atomic mass is 16.5. The first kappa shape index (κ1) is 18.8. The Morgan fingerprint density at radius 1 is 1.35 bits per heavy atom. The molecule has 5 heteroatoms. The third-order valence-corrected chi connectivity index (χ3v) is 5.11. The SMILES string of the molecule is C=C(C)CN1CCC(NC(=NC)NCCc2ccc3c(c2)CCO3)CC1. The van der Waals surface area contributed by atoms with Gasteiger partial charge in [0.05, 0.1) is 6.61 Å². The summed E-state index contributed by atoms with van der Waals surface area (Å²) < 4.78 is 5.57. The van der Waals surface area contributed by atoms with E-state index >= 15 is 0 Å². The van der Waals surface area contributed by atoms with Crippen LogP contribution in [0.2, 0.25) is 0 Å². The van der Waals surface area contributed by atoms with Crippen molar-refractivity contribution < 1.29 is 4.74 Å². The highest BCUT2D eigenvalue weighted by Crippen LogP contribution is 2.25. The van der Waals surface area contributed by atoms with Crippen LogP contribution < -0.4 is 15.4 Å². The molecule has 2 aliphatic rings. The first-order valence-corrected chi connectivity index (χ1v) is 9.72. The Hall–Kier alpha value is -2.01. The number of piperidine rings is 1. The molecular weight excluding hydrogens is 324 g/mol. The molecule has 0 radical (unpaired) electrons. The van der Waals surface area contributed by atoms with Gasteiger partial charge in [-0.15, -0.1) is 0 Å². The third-order valence-electron chi connectivity index (χ3n) is 5.11. The van der Waals surface area contributed by atoms with E-state index in [2.05, 4.69) is 52.2 Å². The molecule has 5 nitrogen and oxygen atoms in total. The molecule has 1 fully saturated rings. The normalized spacial score (nSPS) is 18.3. The molecule has 26 heavy (non-hydrogen) atoms. The molecule has 0 aromatic heterocycles. The van der Waals surface area contributed by atoms with E-state index in [1.165, 1.54) is 16.7 Å². The predicted octanol–water partition coefficient (Wildman–Crippen LogP) is 2.37. The van der Waals surface area contributed by atoms with Gasteiger partial charge in [0.15, 0.2) is 5.96 Å². The van der Waals surface area contributed by atoms with Crippen molar-refractivity contribution in [3.8, 4) is 5.75 Å². The molecule has 0 amide bonds. The van der Waals surface area contributed by atoms with Gasteiger partial charge < -0.3 is 15.4 Å². The lowest BCUT2D eigenvalue weighted by Gasteiger charge is -2.33. The number of fused-ring (bicyclic) bond motifs is 1. The van der Waals surface area contributed by atoms with Crippen molar-refractivity contribution in [1.82, 2.24) is 15.5 Å². The van der Waals surface area contributed by atoms with Crippen LogP contribution in [0.5, 0.6) is 5.75 Å². The van der Waals surface area contributed by atoms with Gasteiger partial charge in [-0.05, 0) is 43.4 Å². The Morgan fingerprint density at radius 3 is 2.88 bits per heavy atom. The summed E-state index contributed by atoms with van der Waals surface area (Å²) in [6.45, 7) is 11.1. The molecule has 0 bridgehead atoms. The van der Waals surface area contributed by atoms with Crippen LogP contribution in [0.1, 0.15) is 30.9 Å². The lowest BCUT2D eigenvalue weighted by Crippen LogP contribution is -2.49. The zero-order chi connectivity index (χ0) is 18.4. The van der Waals surface area contributed by atoms with Gasteiger partial charge in [0.25, 0.3) is 0 Å². The van der Waals surface area contributed by atoms with Crippen molar-refractivity contribution in [3.05, 3.63) is 41.5 Å². The summed E-state index contributed by atoms with van der Waals surface area (Å²) in [6.07, 6.45) is 4.33. The fraction of sp³-hybridized carbons (Fsp3) is 0.571. The van der Waals surface area contributed by atoms with Crippen LogP contribution in [0.25, 0.3) is 0 Å². The maximum Gasteiger partial charge on any atom is 0.191 e. The molecule has 3 rings (SSSR count). The van der Waals surface area contributed by atoms with E-state index in [-0.39, 0.29) is 0 Å². The van der Waals surface area contributed by atoms with E-state index in [9.17, 15) is 0 Å². The molecule has 0 spiro atoms. The quantitative estimate of drug-likeness (QED) is 0.467. The lowest BCUT2D eigenvalue weighted by atomic mass is 10.0. The fourth-order valence-corrected chi connectivity index (χ4v) is 3.73. The summed E-state index contributed by atoms with van der Waals surface area (Å²) in [5.74, 6) is 1.96. The number of hydrogen-bond donors (Lipinski definition) is 2. The van der Waals surface area contributed by atoms with Gasteiger partial charge >= 0.3 is 0 Å². The molecule has 1 saturated heterocycles. The van der Waals surface area contributed by atoms with Gasteiger partial charge in [-0.2, -0.15) is 0 Å². The summed E-state index contributed by atoms with van der Waals surface area (Å²) in [6, 6.07) is 7.04. The Balaban J connectivity index is 1.39. The van der Waals surface area contributed by atoms with Gasteiger partial charge in [0.1, 0.15) is 5.75 Å². The Morgan fingerprint density at radius 2 is 2.15 bits per heavy atom. The van der Waals surface area contributed by atoms with Crippen molar-refractivity contribution in [2.24, 2.45) is 4.99 Å². The Bertz CT molecular complexity index is 647. The smallest absolute Gasteiger partial charge is 0.191 e. The summed E-state index contributed by atoms with van der Waals surface area (Å²) >= 11 is 0. The van der Waals surface area contributed by atoms with Crippen LogP contribution in [0.15, 0.2) is 35.3 Å². The average molecular weight is 357 g/mol. The maximum atomic E-state index is 5.57. The van der Waals surface area contributed by atoms with Crippen molar-refractivity contribution in [3.63, 3.8) is 0 Å². The maximum absolute atomic E-state index is 5.57. The molecule has 0 saturated carbocycles. The van der Waals surface area contributed by atoms with E-state index in [0.717, 1.165) is 70.2 Å². The number of benzene rings is 1. The van der Waals surface area contributed by atoms with E-state index in [1.807, 2.05) is 7.05 Å². The number of likely N-dealkylation sites (tertiary alicyclic amines) is 1. The summed E-state index contributed by atoms with van der Waals surface area (Å²) in [5.41, 5.74) is 3.93. The van der Waals surface area contributed by atoms with Crippen LogP contribution >= 0.6 is 0 Å². The van der Waals surface area contributed by atoms with E-state index < -0.39 is 0 Å². The van der Waals surface area contributed by atoms with E-state index in [4.69, 9.17) is 4.74 Å². The van der Waals surface area contributed by atoms with E-state index in [1.54, 1.807) is 0 Å². The van der Waals surface area contributed by atoms with Crippen LogP contribution in [0, 0.1) is 0 Å². The molecule has 0 atom stereocenters. The first-order chi connectivity index (χ1) is 12.6. The molecule has 2 heterocycles. The molecule has 2 N–H and O–H groups in total. The minimum atomic E-state index is 0.500. The molecule has 1 aromatic rings. The Labute approximate surface area is 157 Å². The third kappa shape index (κ3) is 5.24. The largest absolute Gasteiger partial charge is 0.493 e. The van der Waals surface area contributed by atoms with Gasteiger partial charge in [-0.3, -0.25) is 9.89 Å². The summed E-state index contributed by atoms with van der Waals surface area (Å²) in [5, 5.41) is 7.03. The predicted molar refractivity (Wildman–Crippen MR) is 108 cm³/mol. The standard InChI is InChI=1S/C21H32N4O/c1-16(2)15-25-11-7-19(8-12-25)24-21(22-3)23-10-6-17-4-5-20-18(14-17)9-13-26-20/h4-5,14,19H,1,6-13,15H2,2-3H3,(H2,22,23,24). The van der Waals surface area contributed by atoms with Crippen LogP contribution in [-0.2, 0) is 12.8 Å². The average Bonchev–Trinajstić information content (AvgIpc) is 3.09. The number of ether oxygens (including phenoxy) is 1. The minimum Gasteiger partial charge on any atom is -0.493 e. The highest BCUT2D eigenvalue weighted by molar-refractivity contribution is 5.79. The summed E-state index contributed by atoms with van der Waals surface area (Å²) in [7, 11) is 1.85. The molecule has 1 aromatic carbocycles. The number of nitrogens with one attached hydrogen (secondary N) is 2. The van der Waals surface area contributed by atoms with Gasteiger partial charge in [0.2, 0.25) is 0 Å².